The van der Waals surface area contributed by atoms with Crippen molar-refractivity contribution in [3.05, 3.63) is 18.2 Å². The van der Waals surface area contributed by atoms with Gasteiger partial charge >= 0.3 is 0 Å². The zero-order valence-corrected chi connectivity index (χ0v) is 9.94. The average molecular weight is 234 g/mol. The van der Waals surface area contributed by atoms with Gasteiger partial charge in [0.1, 0.15) is 0 Å². The smallest absolute Gasteiger partial charge is 0.222 e. The molecule has 1 heterocycles. The van der Waals surface area contributed by atoms with Crippen LogP contribution in [-0.4, -0.2) is 30.4 Å². The molecular weight excluding hydrogens is 216 g/mol. The van der Waals surface area contributed by atoms with Crippen LogP contribution in [0.15, 0.2) is 18.2 Å². The molecule has 1 atom stereocenters. The van der Waals surface area contributed by atoms with Crippen LogP contribution < -0.4 is 16.8 Å². The van der Waals surface area contributed by atoms with Crippen LogP contribution in [0.2, 0.25) is 0 Å². The van der Waals surface area contributed by atoms with Crippen LogP contribution in [0, 0.1) is 0 Å². The SMILES string of the molecule is CN1CC(Nc2ccc(N)c(N)c2)CCC1=O. The third-order valence-electron chi connectivity index (χ3n) is 3.08. The maximum atomic E-state index is 11.4. The predicted molar refractivity (Wildman–Crippen MR) is 69.5 cm³/mol. The molecule has 0 radical (unpaired) electrons. The van der Waals surface area contributed by atoms with Crippen LogP contribution in [0.5, 0.6) is 0 Å². The van der Waals surface area contributed by atoms with E-state index >= 15 is 0 Å². The molecule has 0 aromatic heterocycles. The average Bonchev–Trinajstić information content (AvgIpc) is 2.29. The summed E-state index contributed by atoms with van der Waals surface area (Å²) in [7, 11) is 1.83. The molecule has 5 nitrogen and oxygen atoms in total. The fourth-order valence-electron chi connectivity index (χ4n) is 2.03. The standard InChI is InChI=1S/C12H18N4O/c1-16-7-9(3-5-12(16)17)15-8-2-4-10(13)11(14)6-8/h2,4,6,9,15H,3,5,7,13-14H2,1H3. The summed E-state index contributed by atoms with van der Waals surface area (Å²) < 4.78 is 0. The molecule has 1 aromatic carbocycles. The van der Waals surface area contributed by atoms with E-state index in [2.05, 4.69) is 5.32 Å². The molecule has 0 spiro atoms. The summed E-state index contributed by atoms with van der Waals surface area (Å²) in [5, 5.41) is 3.37. The molecule has 0 aliphatic carbocycles. The molecule has 92 valence electrons. The third-order valence-corrected chi connectivity index (χ3v) is 3.08. The number of nitrogens with zero attached hydrogens (tertiary/aromatic N) is 1. The van der Waals surface area contributed by atoms with Gasteiger partial charge in [-0.3, -0.25) is 4.79 Å². The van der Waals surface area contributed by atoms with E-state index in [1.807, 2.05) is 19.2 Å². The van der Waals surface area contributed by atoms with Crippen LogP contribution in [0.1, 0.15) is 12.8 Å². The molecular formula is C12H18N4O. The zero-order valence-electron chi connectivity index (χ0n) is 9.94. The van der Waals surface area contributed by atoms with E-state index in [0.717, 1.165) is 18.7 Å². The van der Waals surface area contributed by atoms with E-state index < -0.39 is 0 Å². The van der Waals surface area contributed by atoms with Gasteiger partial charge in [0.2, 0.25) is 5.91 Å². The molecule has 1 aliphatic rings. The van der Waals surface area contributed by atoms with Crippen LogP contribution >= 0.6 is 0 Å². The molecule has 17 heavy (non-hydrogen) atoms. The van der Waals surface area contributed by atoms with Crippen LogP contribution in [0.25, 0.3) is 0 Å². The number of nitrogens with two attached hydrogens (primary N) is 2. The minimum Gasteiger partial charge on any atom is -0.397 e. The van der Waals surface area contributed by atoms with Crippen LogP contribution in [0.4, 0.5) is 17.1 Å². The molecule has 5 heteroatoms. The number of likely N-dealkylation sites (tertiary alicyclic amines) is 1. The lowest BCUT2D eigenvalue weighted by Gasteiger charge is -2.30. The number of carbonyl (C=O) groups excluding carboxylic acids is 1. The van der Waals surface area contributed by atoms with E-state index in [4.69, 9.17) is 11.5 Å². The molecule has 0 saturated carbocycles. The van der Waals surface area contributed by atoms with Crippen molar-refractivity contribution in [1.82, 2.24) is 4.90 Å². The highest BCUT2D eigenvalue weighted by molar-refractivity contribution is 5.77. The highest BCUT2D eigenvalue weighted by Crippen LogP contribution is 2.22. The number of carbonyl (C=O) groups is 1. The summed E-state index contributed by atoms with van der Waals surface area (Å²) >= 11 is 0. The molecule has 1 fully saturated rings. The monoisotopic (exact) mass is 234 g/mol. The van der Waals surface area contributed by atoms with Crippen LogP contribution in [-0.2, 0) is 4.79 Å². The lowest BCUT2D eigenvalue weighted by molar-refractivity contribution is -0.132. The van der Waals surface area contributed by atoms with Crippen LogP contribution in [0.3, 0.4) is 0 Å². The largest absolute Gasteiger partial charge is 0.397 e. The van der Waals surface area contributed by atoms with Gasteiger partial charge in [-0.05, 0) is 24.6 Å². The Morgan fingerprint density at radius 2 is 2.12 bits per heavy atom. The maximum Gasteiger partial charge on any atom is 0.222 e. The number of amides is 1. The Morgan fingerprint density at radius 3 is 2.76 bits per heavy atom. The quantitative estimate of drug-likeness (QED) is 0.663. The molecule has 5 N–H and O–H groups in total. The number of likely N-dealkylation sites (N-methyl/N-ethyl adjacent to an activating group) is 1. The van der Waals surface area contributed by atoms with Gasteiger partial charge in [-0.2, -0.15) is 0 Å². The number of nitrogen functional groups attached to an aromatic ring is 2. The molecule has 1 aromatic rings. The Kier molecular flexibility index (Phi) is 3.08. The van der Waals surface area contributed by atoms with E-state index in [-0.39, 0.29) is 11.9 Å². The molecule has 0 bridgehead atoms. The number of rotatable bonds is 2. The molecule has 1 aliphatic heterocycles. The number of nitrogens with one attached hydrogen (secondary N) is 1. The summed E-state index contributed by atoms with van der Waals surface area (Å²) in [4.78, 5) is 13.1. The molecule has 2 rings (SSSR count). The lowest BCUT2D eigenvalue weighted by atomic mass is 10.1. The van der Waals surface area contributed by atoms with E-state index in [1.165, 1.54) is 0 Å². The zero-order chi connectivity index (χ0) is 12.4. The second kappa shape index (κ2) is 4.53. The highest BCUT2D eigenvalue weighted by atomic mass is 16.2. The Bertz CT molecular complexity index is 433. The summed E-state index contributed by atoms with van der Waals surface area (Å²) in [5.74, 6) is 0.208. The normalized spacial score (nSPS) is 20.4. The lowest BCUT2D eigenvalue weighted by Crippen LogP contribution is -2.43. The second-order valence-electron chi connectivity index (χ2n) is 4.50. The first-order valence-electron chi connectivity index (χ1n) is 5.72. The Hall–Kier alpha value is -1.91. The predicted octanol–water partition coefficient (Wildman–Crippen LogP) is 0.884. The highest BCUT2D eigenvalue weighted by Gasteiger charge is 2.22. The summed E-state index contributed by atoms with van der Waals surface area (Å²) in [6.45, 7) is 0.725. The van der Waals surface area contributed by atoms with Gasteiger partial charge in [0.25, 0.3) is 0 Å². The Morgan fingerprint density at radius 1 is 1.35 bits per heavy atom. The number of piperidine rings is 1. The minimum absolute atomic E-state index is 0.208. The summed E-state index contributed by atoms with van der Waals surface area (Å²) in [5.41, 5.74) is 13.5. The second-order valence-corrected chi connectivity index (χ2v) is 4.50. The number of benzene rings is 1. The van der Waals surface area contributed by atoms with Crippen molar-refractivity contribution < 1.29 is 4.79 Å². The van der Waals surface area contributed by atoms with E-state index in [9.17, 15) is 4.79 Å². The van der Waals surface area contributed by atoms with E-state index in [1.54, 1.807) is 11.0 Å². The number of anilines is 3. The summed E-state index contributed by atoms with van der Waals surface area (Å²) in [6, 6.07) is 5.80. The fraction of sp³-hybridized carbons (Fsp3) is 0.417. The van der Waals surface area contributed by atoms with Gasteiger partial charge in [0.15, 0.2) is 0 Å². The van der Waals surface area contributed by atoms with Crippen molar-refractivity contribution in [2.24, 2.45) is 0 Å². The first kappa shape index (κ1) is 11.6. The van der Waals surface area contributed by atoms with E-state index in [0.29, 0.717) is 17.8 Å². The minimum atomic E-state index is 0.208. The maximum absolute atomic E-state index is 11.4. The van der Waals surface area contributed by atoms with Crippen molar-refractivity contribution in [3.63, 3.8) is 0 Å². The number of hydrogen-bond donors (Lipinski definition) is 3. The van der Waals surface area contributed by atoms with Crippen molar-refractivity contribution in [2.45, 2.75) is 18.9 Å². The number of hydrogen-bond acceptors (Lipinski definition) is 4. The third kappa shape index (κ3) is 2.61. The Balaban J connectivity index is 2.01. The molecule has 1 unspecified atom stereocenters. The van der Waals surface area contributed by atoms with Gasteiger partial charge in [0, 0.05) is 31.7 Å². The van der Waals surface area contributed by atoms with Gasteiger partial charge in [-0.25, -0.2) is 0 Å². The summed E-state index contributed by atoms with van der Waals surface area (Å²) in [6.07, 6.45) is 1.45. The van der Waals surface area contributed by atoms with Gasteiger partial charge in [-0.15, -0.1) is 0 Å². The van der Waals surface area contributed by atoms with Gasteiger partial charge < -0.3 is 21.7 Å². The van der Waals surface area contributed by atoms with Crippen molar-refractivity contribution in [1.29, 1.82) is 0 Å². The molecule has 1 saturated heterocycles. The van der Waals surface area contributed by atoms with Gasteiger partial charge in [-0.1, -0.05) is 0 Å². The Labute approximate surface area is 101 Å². The molecule has 1 amide bonds. The van der Waals surface area contributed by atoms with Crippen molar-refractivity contribution >= 4 is 23.0 Å². The van der Waals surface area contributed by atoms with Gasteiger partial charge in [0.05, 0.1) is 11.4 Å². The fourth-order valence-corrected chi connectivity index (χ4v) is 2.03. The van der Waals surface area contributed by atoms with Crippen molar-refractivity contribution in [3.8, 4) is 0 Å². The first-order valence-corrected chi connectivity index (χ1v) is 5.72. The van der Waals surface area contributed by atoms with Crippen molar-refractivity contribution in [2.75, 3.05) is 30.4 Å². The first-order chi connectivity index (χ1) is 8.06. The topological polar surface area (TPSA) is 84.4 Å².